The van der Waals surface area contributed by atoms with Crippen LogP contribution in [0.5, 0.6) is 0 Å². The van der Waals surface area contributed by atoms with E-state index in [0.29, 0.717) is 23.2 Å². The Morgan fingerprint density at radius 2 is 2.30 bits per heavy atom. The second-order valence-corrected chi connectivity index (χ2v) is 6.28. The first-order valence-corrected chi connectivity index (χ1v) is 8.03. The maximum atomic E-state index is 13.4. The maximum absolute atomic E-state index is 13.4. The number of hydrogen-bond donors (Lipinski definition) is 1. The van der Waals surface area contributed by atoms with Gasteiger partial charge in [-0.2, -0.15) is 4.98 Å². The highest BCUT2D eigenvalue weighted by Crippen LogP contribution is 2.27. The largest absolute Gasteiger partial charge is 0.396 e. The third-order valence-electron chi connectivity index (χ3n) is 4.57. The first-order valence-electron chi connectivity index (χ1n) is 8.03. The van der Waals surface area contributed by atoms with Crippen LogP contribution in [-0.4, -0.2) is 39.8 Å². The minimum Gasteiger partial charge on any atom is -0.396 e. The number of nitrogens with zero attached hydrogens (tertiary/aromatic N) is 3. The Bertz CT molecular complexity index is 674. The molecule has 1 N–H and O–H groups in total. The highest BCUT2D eigenvalue weighted by Gasteiger charge is 2.27. The second-order valence-electron chi connectivity index (χ2n) is 6.28. The van der Waals surface area contributed by atoms with E-state index in [1.54, 1.807) is 19.1 Å². The van der Waals surface area contributed by atoms with Gasteiger partial charge in [-0.25, -0.2) is 4.39 Å². The number of hydrogen-bond acceptors (Lipinski definition) is 5. The Morgan fingerprint density at radius 3 is 3.04 bits per heavy atom. The number of aryl methyl sites for hydroxylation is 1. The molecule has 6 heteroatoms. The summed E-state index contributed by atoms with van der Waals surface area (Å²) in [5.41, 5.74) is 1.31. The molecule has 0 radical (unpaired) electrons. The molecule has 124 valence electrons. The molecule has 3 rings (SSSR count). The van der Waals surface area contributed by atoms with Crippen LogP contribution >= 0.6 is 0 Å². The summed E-state index contributed by atoms with van der Waals surface area (Å²) in [5, 5.41) is 13.4. The lowest BCUT2D eigenvalue weighted by atomic mass is 9.98. The van der Waals surface area contributed by atoms with Gasteiger partial charge in [0.25, 0.3) is 0 Å². The van der Waals surface area contributed by atoms with Crippen molar-refractivity contribution in [3.63, 3.8) is 0 Å². The monoisotopic (exact) mass is 319 g/mol. The lowest BCUT2D eigenvalue weighted by Gasteiger charge is -2.34. The Balaban J connectivity index is 1.76. The van der Waals surface area contributed by atoms with Gasteiger partial charge in [-0.15, -0.1) is 0 Å². The van der Waals surface area contributed by atoms with E-state index in [2.05, 4.69) is 15.0 Å². The van der Waals surface area contributed by atoms with Gasteiger partial charge in [0.15, 0.2) is 0 Å². The van der Waals surface area contributed by atoms with Crippen LogP contribution in [0.25, 0.3) is 11.4 Å². The molecule has 1 aliphatic rings. The molecule has 1 fully saturated rings. The zero-order valence-corrected chi connectivity index (χ0v) is 13.5. The van der Waals surface area contributed by atoms with Crippen LogP contribution in [0.15, 0.2) is 22.7 Å². The second kappa shape index (κ2) is 6.76. The van der Waals surface area contributed by atoms with E-state index in [1.165, 1.54) is 6.07 Å². The molecule has 0 amide bonds. The van der Waals surface area contributed by atoms with Crippen molar-refractivity contribution in [1.82, 2.24) is 15.0 Å². The Hall–Kier alpha value is -1.79. The normalized spacial score (nSPS) is 20.6. The van der Waals surface area contributed by atoms with E-state index in [0.717, 1.165) is 31.5 Å². The predicted molar refractivity (Wildman–Crippen MR) is 84.2 cm³/mol. The summed E-state index contributed by atoms with van der Waals surface area (Å²) < 4.78 is 18.8. The Morgan fingerprint density at radius 1 is 1.48 bits per heavy atom. The molecule has 23 heavy (non-hydrogen) atoms. The molecule has 0 saturated carbocycles. The van der Waals surface area contributed by atoms with E-state index in [9.17, 15) is 9.50 Å². The van der Waals surface area contributed by atoms with E-state index in [-0.39, 0.29) is 18.5 Å². The van der Waals surface area contributed by atoms with Crippen LogP contribution in [0.1, 0.15) is 37.3 Å². The SMILES string of the molecule is Cc1cc(-c2noc(C(C)N3CCCC(CO)C3)n2)ccc1F. The molecule has 0 spiro atoms. The molecule has 2 aromatic rings. The molecule has 1 aliphatic heterocycles. The third-order valence-corrected chi connectivity index (χ3v) is 4.57. The third kappa shape index (κ3) is 3.43. The van der Waals surface area contributed by atoms with Crippen molar-refractivity contribution in [3.8, 4) is 11.4 Å². The van der Waals surface area contributed by atoms with Crippen LogP contribution < -0.4 is 0 Å². The summed E-state index contributed by atoms with van der Waals surface area (Å²) in [7, 11) is 0. The van der Waals surface area contributed by atoms with Gasteiger partial charge >= 0.3 is 0 Å². The zero-order chi connectivity index (χ0) is 16.4. The quantitative estimate of drug-likeness (QED) is 0.939. The average Bonchev–Trinajstić information content (AvgIpc) is 3.06. The molecular weight excluding hydrogens is 297 g/mol. The number of aliphatic hydroxyl groups excluding tert-OH is 1. The summed E-state index contributed by atoms with van der Waals surface area (Å²) in [6.07, 6.45) is 2.12. The minimum atomic E-state index is -0.241. The lowest BCUT2D eigenvalue weighted by molar-refractivity contribution is 0.0810. The molecule has 0 aliphatic carbocycles. The smallest absolute Gasteiger partial charge is 0.244 e. The van der Waals surface area contributed by atoms with Crippen molar-refractivity contribution < 1.29 is 14.0 Å². The summed E-state index contributed by atoms with van der Waals surface area (Å²) in [6, 6.07) is 4.80. The van der Waals surface area contributed by atoms with Crippen LogP contribution in [0, 0.1) is 18.7 Å². The van der Waals surface area contributed by atoms with Crippen molar-refractivity contribution in [2.75, 3.05) is 19.7 Å². The van der Waals surface area contributed by atoms with Crippen LogP contribution in [-0.2, 0) is 0 Å². The van der Waals surface area contributed by atoms with Gasteiger partial charge < -0.3 is 9.63 Å². The highest BCUT2D eigenvalue weighted by molar-refractivity contribution is 5.55. The zero-order valence-electron chi connectivity index (χ0n) is 13.5. The minimum absolute atomic E-state index is 0.00662. The van der Waals surface area contributed by atoms with E-state index >= 15 is 0 Å². The standard InChI is InChI=1S/C17H22FN3O2/c1-11-8-14(5-6-15(11)18)16-19-17(23-20-16)12(2)21-7-3-4-13(9-21)10-22/h5-6,8,12-13,22H,3-4,7,9-10H2,1-2H3. The molecule has 1 saturated heterocycles. The lowest BCUT2D eigenvalue weighted by Crippen LogP contribution is -2.38. The van der Waals surface area contributed by atoms with Gasteiger partial charge in [-0.3, -0.25) is 4.90 Å². The Labute approximate surface area is 135 Å². The number of aromatic nitrogens is 2. The van der Waals surface area contributed by atoms with Gasteiger partial charge in [0.2, 0.25) is 11.7 Å². The molecule has 0 bridgehead atoms. The molecule has 2 heterocycles. The fourth-order valence-electron chi connectivity index (χ4n) is 3.06. The molecule has 1 aromatic carbocycles. The van der Waals surface area contributed by atoms with E-state index in [4.69, 9.17) is 4.52 Å². The van der Waals surface area contributed by atoms with Crippen molar-refractivity contribution in [3.05, 3.63) is 35.5 Å². The van der Waals surface area contributed by atoms with Crippen molar-refractivity contribution in [2.24, 2.45) is 5.92 Å². The van der Waals surface area contributed by atoms with Crippen LogP contribution in [0.4, 0.5) is 4.39 Å². The summed E-state index contributed by atoms with van der Waals surface area (Å²) in [5.74, 6) is 1.11. The number of aliphatic hydroxyl groups is 1. The van der Waals surface area contributed by atoms with Gasteiger partial charge in [0, 0.05) is 18.7 Å². The summed E-state index contributed by atoms with van der Waals surface area (Å²) in [4.78, 5) is 6.73. The van der Waals surface area contributed by atoms with E-state index in [1.807, 2.05) is 6.92 Å². The van der Waals surface area contributed by atoms with Crippen molar-refractivity contribution in [1.29, 1.82) is 0 Å². The fraction of sp³-hybridized carbons (Fsp3) is 0.529. The topological polar surface area (TPSA) is 62.4 Å². The predicted octanol–water partition coefficient (Wildman–Crippen LogP) is 2.95. The number of benzene rings is 1. The van der Waals surface area contributed by atoms with Gasteiger partial charge in [-0.1, -0.05) is 5.16 Å². The summed E-state index contributed by atoms with van der Waals surface area (Å²) in [6.45, 7) is 5.77. The van der Waals surface area contributed by atoms with Gasteiger partial charge in [0.1, 0.15) is 5.82 Å². The molecule has 1 aromatic heterocycles. The molecule has 5 nitrogen and oxygen atoms in total. The summed E-state index contributed by atoms with van der Waals surface area (Å²) >= 11 is 0. The first-order chi connectivity index (χ1) is 11.1. The maximum Gasteiger partial charge on any atom is 0.244 e. The van der Waals surface area contributed by atoms with Crippen LogP contribution in [0.3, 0.4) is 0 Å². The highest BCUT2D eigenvalue weighted by atomic mass is 19.1. The van der Waals surface area contributed by atoms with Gasteiger partial charge in [-0.05, 0) is 62.9 Å². The van der Waals surface area contributed by atoms with E-state index < -0.39 is 0 Å². The molecular formula is C17H22FN3O2. The first kappa shape index (κ1) is 16.1. The number of piperidine rings is 1. The number of halogens is 1. The number of rotatable bonds is 4. The van der Waals surface area contributed by atoms with Crippen molar-refractivity contribution >= 4 is 0 Å². The number of likely N-dealkylation sites (tertiary alicyclic amines) is 1. The average molecular weight is 319 g/mol. The fourth-order valence-corrected chi connectivity index (χ4v) is 3.06. The van der Waals surface area contributed by atoms with Crippen LogP contribution in [0.2, 0.25) is 0 Å². The van der Waals surface area contributed by atoms with Crippen molar-refractivity contribution in [2.45, 2.75) is 32.7 Å². The molecule has 2 atom stereocenters. The Kier molecular flexibility index (Phi) is 4.73. The van der Waals surface area contributed by atoms with Gasteiger partial charge in [0.05, 0.1) is 6.04 Å². The molecule has 2 unspecified atom stereocenters.